The van der Waals surface area contributed by atoms with E-state index in [1.54, 1.807) is 0 Å². The second-order valence-electron chi connectivity index (χ2n) is 13.6. The number of benzene rings is 3. The van der Waals surface area contributed by atoms with Crippen LogP contribution >= 0.6 is 0 Å². The normalized spacial score (nSPS) is 21.5. The number of imidazole rings is 2. The molecule has 3 fully saturated rings. The summed E-state index contributed by atoms with van der Waals surface area (Å²) in [4.78, 5) is 49.7. The van der Waals surface area contributed by atoms with Crippen LogP contribution in [0.2, 0.25) is 0 Å². The summed E-state index contributed by atoms with van der Waals surface area (Å²) in [5, 5.41) is 0. The third-order valence-electron chi connectivity index (χ3n) is 10.1. The van der Waals surface area contributed by atoms with E-state index < -0.39 is 0 Å². The van der Waals surface area contributed by atoms with Crippen LogP contribution in [-0.2, 0) is 14.3 Å². The monoisotopic (exact) mass is 655 g/mol. The van der Waals surface area contributed by atoms with Gasteiger partial charge in [-0.2, -0.15) is 0 Å². The molecule has 8 rings (SSSR count). The predicted molar refractivity (Wildman–Crippen MR) is 187 cm³/mol. The number of likely N-dealkylation sites (tertiary alicyclic amines) is 2. The second kappa shape index (κ2) is 13.1. The topological polar surface area (TPSA) is 110 Å². The van der Waals surface area contributed by atoms with Crippen molar-refractivity contribution in [3.8, 4) is 11.8 Å². The van der Waals surface area contributed by atoms with Crippen LogP contribution in [0.25, 0.3) is 22.1 Å². The van der Waals surface area contributed by atoms with Crippen LogP contribution in [-0.4, -0.2) is 86.3 Å². The first kappa shape index (κ1) is 31.3. The minimum atomic E-state index is -0.348. The molecule has 2 N–H and O–H groups in total. The lowest BCUT2D eigenvalue weighted by Crippen LogP contribution is -2.40. The number of fused-ring (bicyclic) bond motifs is 2. The van der Waals surface area contributed by atoms with Gasteiger partial charge in [-0.1, -0.05) is 42.2 Å². The Balaban J connectivity index is 0.994. The third kappa shape index (κ3) is 6.09. The van der Waals surface area contributed by atoms with Gasteiger partial charge in [-0.15, -0.1) is 0 Å². The number of carbonyl (C=O) groups excluding carboxylic acids is 2. The van der Waals surface area contributed by atoms with Crippen LogP contribution in [0.15, 0.2) is 66.7 Å². The minimum Gasteiger partial charge on any atom is -0.368 e. The Hall–Kier alpha value is -4.98. The van der Waals surface area contributed by atoms with Crippen LogP contribution in [0, 0.1) is 11.8 Å². The maximum Gasteiger partial charge on any atom is 0.252 e. The van der Waals surface area contributed by atoms with Crippen molar-refractivity contribution in [1.82, 2.24) is 34.6 Å². The van der Waals surface area contributed by atoms with E-state index in [1.807, 2.05) is 95.5 Å². The summed E-state index contributed by atoms with van der Waals surface area (Å²) >= 11 is 0. The highest BCUT2D eigenvalue weighted by Crippen LogP contribution is 2.36. The average molecular weight is 656 g/mol. The molecule has 5 aromatic rings. The van der Waals surface area contributed by atoms with Crippen LogP contribution in [0.5, 0.6) is 0 Å². The van der Waals surface area contributed by atoms with Gasteiger partial charge in [-0.25, -0.2) is 9.97 Å². The van der Waals surface area contributed by atoms with Crippen molar-refractivity contribution in [3.05, 3.63) is 95.1 Å². The summed E-state index contributed by atoms with van der Waals surface area (Å²) in [5.74, 6) is 8.45. The Morgan fingerprint density at radius 1 is 0.796 bits per heavy atom. The van der Waals surface area contributed by atoms with Crippen molar-refractivity contribution in [2.75, 3.05) is 33.8 Å². The van der Waals surface area contributed by atoms with Gasteiger partial charge >= 0.3 is 0 Å². The van der Waals surface area contributed by atoms with Gasteiger partial charge in [0.15, 0.2) is 0 Å². The molecule has 10 heteroatoms. The van der Waals surface area contributed by atoms with Crippen molar-refractivity contribution < 1.29 is 14.3 Å². The summed E-state index contributed by atoms with van der Waals surface area (Å²) in [7, 11) is 3.91. The van der Waals surface area contributed by atoms with E-state index in [4.69, 9.17) is 14.7 Å². The van der Waals surface area contributed by atoms with Gasteiger partial charge in [-0.05, 0) is 94.6 Å². The largest absolute Gasteiger partial charge is 0.368 e. The molecule has 0 bridgehead atoms. The number of nitrogens with one attached hydrogen (secondary N) is 2. The van der Waals surface area contributed by atoms with Gasteiger partial charge in [0.2, 0.25) is 5.91 Å². The molecule has 3 aromatic carbocycles. The second-order valence-corrected chi connectivity index (χ2v) is 13.6. The van der Waals surface area contributed by atoms with Crippen molar-refractivity contribution in [2.45, 2.75) is 62.8 Å². The SMILES string of the molecule is CN(C)C(C(=O)N1CCC[C@H]1c1nc2ccc(C#Cc3ccc4nc([C@@H]5CCCN5C(=O)[C@H]5CCCO5)[nH]c4c3)cc2[nH]1)c1ccccc1. The first-order valence-corrected chi connectivity index (χ1v) is 17.4. The van der Waals surface area contributed by atoms with E-state index in [1.165, 1.54) is 0 Å². The van der Waals surface area contributed by atoms with E-state index in [0.717, 1.165) is 95.5 Å². The molecule has 3 aliphatic rings. The highest BCUT2D eigenvalue weighted by atomic mass is 16.5. The number of hydrogen-bond acceptors (Lipinski definition) is 6. The van der Waals surface area contributed by atoms with Gasteiger partial charge in [0, 0.05) is 30.8 Å². The lowest BCUT2D eigenvalue weighted by molar-refractivity contribution is -0.142. The Morgan fingerprint density at radius 3 is 1.96 bits per heavy atom. The number of rotatable bonds is 6. The number of carbonyl (C=O) groups is 2. The Kier molecular flexibility index (Phi) is 8.40. The number of amides is 2. The van der Waals surface area contributed by atoms with E-state index in [0.29, 0.717) is 13.2 Å². The molecule has 0 spiro atoms. The van der Waals surface area contributed by atoms with Gasteiger partial charge in [0.25, 0.3) is 5.91 Å². The first-order chi connectivity index (χ1) is 23.9. The fraction of sp³-hybridized carbons (Fsp3) is 0.385. The lowest BCUT2D eigenvalue weighted by atomic mass is 10.0. The van der Waals surface area contributed by atoms with Crippen LogP contribution in [0.1, 0.15) is 85.0 Å². The molecule has 0 aliphatic carbocycles. The standard InChI is InChI=1S/C39H41N7O3/c1-44(2)35(27-9-4-3-5-10-27)39(48)46-21-7-12-33(46)37-41-29-19-17-26(24-31(29)43-37)15-14-25-16-18-28-30(23-25)42-36(40-28)32-11-6-20-45(32)38(47)34-13-8-22-49-34/h3-5,9-10,16-19,23-24,32-35H,6-8,11-13,20-22H2,1-2H3,(H,40,42)(H,41,43)/t32-,33-,34+,35?/m0/s1. The Labute approximate surface area is 285 Å². The fourth-order valence-corrected chi connectivity index (χ4v) is 7.72. The van der Waals surface area contributed by atoms with Gasteiger partial charge in [0.05, 0.1) is 34.2 Å². The number of ether oxygens (including phenoxy) is 1. The zero-order valence-corrected chi connectivity index (χ0v) is 28.0. The molecule has 0 radical (unpaired) electrons. The molecule has 4 atom stereocenters. The molecule has 250 valence electrons. The molecule has 2 amide bonds. The van der Waals surface area contributed by atoms with E-state index in [9.17, 15) is 9.59 Å². The molecule has 10 nitrogen and oxygen atoms in total. The summed E-state index contributed by atoms with van der Waals surface area (Å²) in [6.45, 7) is 2.11. The third-order valence-corrected chi connectivity index (χ3v) is 10.1. The van der Waals surface area contributed by atoms with E-state index in [2.05, 4.69) is 21.8 Å². The highest BCUT2D eigenvalue weighted by Gasteiger charge is 2.38. The predicted octanol–water partition coefficient (Wildman–Crippen LogP) is 5.65. The zero-order valence-electron chi connectivity index (χ0n) is 28.0. The molecule has 3 aliphatic heterocycles. The molecule has 1 unspecified atom stereocenters. The van der Waals surface area contributed by atoms with Crippen molar-refractivity contribution in [3.63, 3.8) is 0 Å². The summed E-state index contributed by atoms with van der Waals surface area (Å²) in [5.41, 5.74) is 6.28. The maximum absolute atomic E-state index is 13.9. The maximum atomic E-state index is 13.9. The van der Waals surface area contributed by atoms with Crippen molar-refractivity contribution in [2.24, 2.45) is 0 Å². The quantitative estimate of drug-likeness (QED) is 0.229. The molecule has 0 saturated carbocycles. The molecule has 49 heavy (non-hydrogen) atoms. The summed E-state index contributed by atoms with van der Waals surface area (Å²) in [6.07, 6.45) is 5.08. The summed E-state index contributed by atoms with van der Waals surface area (Å²) in [6, 6.07) is 21.5. The lowest BCUT2D eigenvalue weighted by Gasteiger charge is -2.31. The van der Waals surface area contributed by atoms with Crippen LogP contribution < -0.4 is 0 Å². The highest BCUT2D eigenvalue weighted by molar-refractivity contribution is 5.85. The number of aromatic nitrogens is 4. The molecule has 2 aromatic heterocycles. The first-order valence-electron chi connectivity index (χ1n) is 17.4. The minimum absolute atomic E-state index is 0.0580. The Morgan fingerprint density at radius 2 is 1.39 bits per heavy atom. The molecular formula is C39H41N7O3. The van der Waals surface area contributed by atoms with Crippen molar-refractivity contribution >= 4 is 33.9 Å². The zero-order chi connectivity index (χ0) is 33.5. The Bertz CT molecular complexity index is 2070. The van der Waals surface area contributed by atoms with Crippen LogP contribution in [0.3, 0.4) is 0 Å². The van der Waals surface area contributed by atoms with E-state index in [-0.39, 0.29) is 36.0 Å². The molecular weight excluding hydrogens is 614 g/mol. The van der Waals surface area contributed by atoms with Gasteiger partial charge in [0.1, 0.15) is 23.8 Å². The molecule has 3 saturated heterocycles. The summed E-state index contributed by atoms with van der Waals surface area (Å²) < 4.78 is 5.68. The number of aromatic amines is 2. The van der Waals surface area contributed by atoms with E-state index >= 15 is 0 Å². The van der Waals surface area contributed by atoms with Crippen molar-refractivity contribution in [1.29, 1.82) is 0 Å². The molecule has 5 heterocycles. The number of hydrogen-bond donors (Lipinski definition) is 2. The smallest absolute Gasteiger partial charge is 0.252 e. The fourth-order valence-electron chi connectivity index (χ4n) is 7.72. The van der Waals surface area contributed by atoms with Gasteiger partial charge in [-0.3, -0.25) is 14.5 Å². The number of likely N-dealkylation sites (N-methyl/N-ethyl adjacent to an activating group) is 1. The number of H-pyrrole nitrogens is 2. The van der Waals surface area contributed by atoms with Crippen LogP contribution in [0.4, 0.5) is 0 Å². The average Bonchev–Trinajstić information content (AvgIpc) is 3.95. The number of nitrogens with zero attached hydrogens (tertiary/aromatic N) is 5. The van der Waals surface area contributed by atoms with Gasteiger partial charge < -0.3 is 24.5 Å².